The summed E-state index contributed by atoms with van der Waals surface area (Å²) in [6.07, 6.45) is -3.09. The molecule has 0 saturated carbocycles. The summed E-state index contributed by atoms with van der Waals surface area (Å²) in [5, 5.41) is 9.87. The van der Waals surface area contributed by atoms with Crippen LogP contribution in [0.1, 0.15) is 17.5 Å². The molecule has 4 rings (SSSR count). The van der Waals surface area contributed by atoms with E-state index < -0.39 is 11.7 Å². The third kappa shape index (κ3) is 3.69. The monoisotopic (exact) mass is 384 g/mol. The Balaban J connectivity index is 1.44. The molecule has 142 valence electrons. The topological polar surface area (TPSA) is 62.0 Å². The van der Waals surface area contributed by atoms with E-state index in [9.17, 15) is 13.2 Å². The van der Waals surface area contributed by atoms with Crippen LogP contribution in [0, 0.1) is 11.3 Å². The van der Waals surface area contributed by atoms with Gasteiger partial charge in [0.2, 0.25) is 5.88 Å². The maximum Gasteiger partial charge on any atom is 0.417 e. The predicted molar refractivity (Wildman–Crippen MR) is 96.9 cm³/mol. The quantitative estimate of drug-likeness (QED) is 0.678. The molecule has 1 unspecified atom stereocenters. The van der Waals surface area contributed by atoms with Gasteiger partial charge in [0, 0.05) is 30.6 Å². The lowest BCUT2D eigenvalue weighted by Gasteiger charge is -2.18. The number of hydrogen-bond acceptors (Lipinski definition) is 5. The van der Waals surface area contributed by atoms with E-state index in [0.29, 0.717) is 12.1 Å². The van der Waals surface area contributed by atoms with E-state index in [1.54, 1.807) is 12.1 Å². The van der Waals surface area contributed by atoms with Gasteiger partial charge in [0.05, 0.1) is 29.3 Å². The number of nitriles is 1. The third-order valence-corrected chi connectivity index (χ3v) is 4.62. The van der Waals surface area contributed by atoms with Crippen molar-refractivity contribution in [3.05, 3.63) is 59.8 Å². The minimum absolute atomic E-state index is 0.176. The Kier molecular flexibility index (Phi) is 4.51. The first kappa shape index (κ1) is 18.0. The van der Waals surface area contributed by atoms with Crippen molar-refractivity contribution < 1.29 is 17.9 Å². The van der Waals surface area contributed by atoms with E-state index in [2.05, 4.69) is 20.9 Å². The first-order valence-electron chi connectivity index (χ1n) is 8.68. The van der Waals surface area contributed by atoms with Gasteiger partial charge in [0.1, 0.15) is 11.9 Å². The van der Waals surface area contributed by atoms with Gasteiger partial charge in [-0.3, -0.25) is 0 Å². The van der Waals surface area contributed by atoms with Gasteiger partial charge in [-0.1, -0.05) is 0 Å². The Morgan fingerprint density at radius 2 is 2.00 bits per heavy atom. The second-order valence-electron chi connectivity index (χ2n) is 6.55. The normalized spacial score (nSPS) is 16.9. The molecule has 3 aromatic rings. The number of hydrogen-bond donors (Lipinski definition) is 0. The second kappa shape index (κ2) is 7.00. The van der Waals surface area contributed by atoms with Crippen LogP contribution in [0.3, 0.4) is 0 Å². The maximum atomic E-state index is 12.6. The lowest BCUT2D eigenvalue weighted by molar-refractivity contribution is -0.137. The Labute approximate surface area is 159 Å². The number of nitrogens with zero attached hydrogens (tertiary/aromatic N) is 4. The minimum Gasteiger partial charge on any atom is -0.472 e. The largest absolute Gasteiger partial charge is 0.472 e. The number of aromatic nitrogens is 2. The Morgan fingerprint density at radius 3 is 2.71 bits per heavy atom. The standard InChI is InChI=1S/C20H15F3N4O/c21-20(22,23)15-3-6-19(25-11-15)28-16-7-8-27(12-16)18-5-2-14-9-13(10-24)1-4-17(14)26-18/h1-6,9,11,16H,7-8,12H2. The number of rotatable bonds is 3. The highest BCUT2D eigenvalue weighted by Gasteiger charge is 2.31. The molecule has 1 saturated heterocycles. The van der Waals surface area contributed by atoms with E-state index in [1.807, 2.05) is 18.2 Å². The SMILES string of the molecule is N#Cc1ccc2nc(N3CCC(Oc4ccc(C(F)(F)F)cn4)C3)ccc2c1. The van der Waals surface area contributed by atoms with Crippen molar-refractivity contribution >= 4 is 16.7 Å². The Bertz CT molecular complexity index is 1040. The molecular formula is C20H15F3N4O. The van der Waals surface area contributed by atoms with Gasteiger partial charge in [0.15, 0.2) is 0 Å². The highest BCUT2D eigenvalue weighted by Crippen LogP contribution is 2.30. The molecule has 0 spiro atoms. The molecule has 1 fully saturated rings. The molecule has 1 aliphatic heterocycles. The summed E-state index contributed by atoms with van der Waals surface area (Å²) in [6.45, 7) is 1.29. The number of benzene rings is 1. The lowest BCUT2D eigenvalue weighted by Crippen LogP contribution is -2.25. The first-order valence-corrected chi connectivity index (χ1v) is 8.68. The molecular weight excluding hydrogens is 369 g/mol. The van der Waals surface area contributed by atoms with Crippen LogP contribution >= 0.6 is 0 Å². The number of anilines is 1. The van der Waals surface area contributed by atoms with E-state index in [4.69, 9.17) is 10.00 Å². The van der Waals surface area contributed by atoms with Crippen molar-refractivity contribution in [2.75, 3.05) is 18.0 Å². The second-order valence-corrected chi connectivity index (χ2v) is 6.55. The molecule has 2 aromatic heterocycles. The van der Waals surface area contributed by atoms with Crippen LogP contribution < -0.4 is 9.64 Å². The Hall–Kier alpha value is -3.34. The number of alkyl halides is 3. The molecule has 8 heteroatoms. The molecule has 3 heterocycles. The molecule has 0 radical (unpaired) electrons. The Morgan fingerprint density at radius 1 is 1.14 bits per heavy atom. The predicted octanol–water partition coefficient (Wildman–Crippen LogP) is 4.18. The van der Waals surface area contributed by atoms with Gasteiger partial charge < -0.3 is 9.64 Å². The van der Waals surface area contributed by atoms with Crippen molar-refractivity contribution in [2.24, 2.45) is 0 Å². The van der Waals surface area contributed by atoms with Crippen LogP contribution in [-0.2, 0) is 6.18 Å². The summed E-state index contributed by atoms with van der Waals surface area (Å²) in [6, 6.07) is 13.5. The highest BCUT2D eigenvalue weighted by atomic mass is 19.4. The van der Waals surface area contributed by atoms with Crippen LogP contribution in [0.25, 0.3) is 10.9 Å². The van der Waals surface area contributed by atoms with Gasteiger partial charge in [0.25, 0.3) is 0 Å². The summed E-state index contributed by atoms with van der Waals surface area (Å²) in [7, 11) is 0. The van der Waals surface area contributed by atoms with Gasteiger partial charge in [-0.15, -0.1) is 0 Å². The third-order valence-electron chi connectivity index (χ3n) is 4.62. The maximum absolute atomic E-state index is 12.6. The zero-order valence-electron chi connectivity index (χ0n) is 14.6. The van der Waals surface area contributed by atoms with E-state index in [-0.39, 0.29) is 12.0 Å². The van der Waals surface area contributed by atoms with Gasteiger partial charge in [-0.25, -0.2) is 9.97 Å². The molecule has 28 heavy (non-hydrogen) atoms. The van der Waals surface area contributed by atoms with Crippen LogP contribution in [-0.4, -0.2) is 29.2 Å². The van der Waals surface area contributed by atoms with Crippen molar-refractivity contribution in [2.45, 2.75) is 18.7 Å². The van der Waals surface area contributed by atoms with Crippen molar-refractivity contribution in [3.8, 4) is 11.9 Å². The molecule has 1 atom stereocenters. The van der Waals surface area contributed by atoms with E-state index in [0.717, 1.165) is 41.9 Å². The molecule has 0 bridgehead atoms. The van der Waals surface area contributed by atoms with Crippen LogP contribution in [0.4, 0.5) is 19.0 Å². The summed E-state index contributed by atoms with van der Waals surface area (Å²) < 4.78 is 43.5. The van der Waals surface area contributed by atoms with Crippen molar-refractivity contribution in [1.82, 2.24) is 9.97 Å². The van der Waals surface area contributed by atoms with Crippen LogP contribution in [0.2, 0.25) is 0 Å². The van der Waals surface area contributed by atoms with Gasteiger partial charge in [-0.2, -0.15) is 18.4 Å². The average Bonchev–Trinajstić information content (AvgIpc) is 3.15. The fourth-order valence-electron chi connectivity index (χ4n) is 3.18. The van der Waals surface area contributed by atoms with E-state index in [1.165, 1.54) is 6.07 Å². The molecule has 0 N–H and O–H groups in total. The molecule has 1 aromatic carbocycles. The van der Waals surface area contributed by atoms with Crippen LogP contribution in [0.15, 0.2) is 48.7 Å². The summed E-state index contributed by atoms with van der Waals surface area (Å²) in [5.41, 5.74) is 0.582. The molecule has 0 amide bonds. The zero-order valence-corrected chi connectivity index (χ0v) is 14.6. The first-order chi connectivity index (χ1) is 13.4. The number of halogens is 3. The summed E-state index contributed by atoms with van der Waals surface area (Å²) >= 11 is 0. The molecule has 5 nitrogen and oxygen atoms in total. The van der Waals surface area contributed by atoms with Crippen molar-refractivity contribution in [1.29, 1.82) is 5.26 Å². The number of pyridine rings is 2. The van der Waals surface area contributed by atoms with Crippen molar-refractivity contribution in [3.63, 3.8) is 0 Å². The summed E-state index contributed by atoms with van der Waals surface area (Å²) in [4.78, 5) is 10.5. The van der Waals surface area contributed by atoms with Gasteiger partial charge >= 0.3 is 6.18 Å². The highest BCUT2D eigenvalue weighted by molar-refractivity contribution is 5.81. The lowest BCUT2D eigenvalue weighted by atomic mass is 10.1. The van der Waals surface area contributed by atoms with Crippen LogP contribution in [0.5, 0.6) is 5.88 Å². The van der Waals surface area contributed by atoms with E-state index >= 15 is 0 Å². The average molecular weight is 384 g/mol. The fourth-order valence-corrected chi connectivity index (χ4v) is 3.18. The smallest absolute Gasteiger partial charge is 0.417 e. The molecule has 1 aliphatic rings. The summed E-state index contributed by atoms with van der Waals surface area (Å²) in [5.74, 6) is 0.971. The zero-order chi connectivity index (χ0) is 19.7. The minimum atomic E-state index is -4.41. The number of fused-ring (bicyclic) bond motifs is 1. The van der Waals surface area contributed by atoms with Gasteiger partial charge in [-0.05, 0) is 36.4 Å². The molecule has 0 aliphatic carbocycles. The number of ether oxygens (including phenoxy) is 1. The fraction of sp³-hybridized carbons (Fsp3) is 0.250.